The monoisotopic (exact) mass is 259 g/mol. The van der Waals surface area contributed by atoms with Crippen molar-refractivity contribution < 1.29 is 4.74 Å². The van der Waals surface area contributed by atoms with Gasteiger partial charge in [0, 0.05) is 23.9 Å². The summed E-state index contributed by atoms with van der Waals surface area (Å²) < 4.78 is 5.63. The summed E-state index contributed by atoms with van der Waals surface area (Å²) in [7, 11) is 0. The minimum atomic E-state index is 0.631. The number of hydrogen-bond acceptors (Lipinski definition) is 3. The van der Waals surface area contributed by atoms with Crippen molar-refractivity contribution in [2.45, 2.75) is 26.2 Å². The van der Waals surface area contributed by atoms with Gasteiger partial charge in [0.25, 0.3) is 0 Å². The van der Waals surface area contributed by atoms with E-state index in [0.29, 0.717) is 6.54 Å². The Morgan fingerprint density at radius 1 is 1.26 bits per heavy atom. The van der Waals surface area contributed by atoms with Gasteiger partial charge >= 0.3 is 0 Å². The minimum Gasteiger partial charge on any atom is -0.494 e. The molecule has 2 rings (SSSR count). The van der Waals surface area contributed by atoms with Crippen LogP contribution in [0.4, 0.5) is 0 Å². The van der Waals surface area contributed by atoms with E-state index in [9.17, 15) is 0 Å². The second kappa shape index (κ2) is 6.95. The molecule has 1 aromatic carbocycles. The number of unbranched alkanes of at least 4 members (excludes halogenated alkanes) is 1. The van der Waals surface area contributed by atoms with Gasteiger partial charge in [0.05, 0.1) is 6.61 Å². The van der Waals surface area contributed by atoms with Crippen LogP contribution in [0, 0.1) is 0 Å². The smallest absolute Gasteiger partial charge is 0.137 e. The molecule has 4 heteroatoms. The first-order chi connectivity index (χ1) is 9.33. The van der Waals surface area contributed by atoms with Crippen LogP contribution in [0.3, 0.4) is 0 Å². The third kappa shape index (κ3) is 3.83. The molecule has 102 valence electrons. The van der Waals surface area contributed by atoms with Crippen LogP contribution >= 0.6 is 0 Å². The largest absolute Gasteiger partial charge is 0.494 e. The summed E-state index contributed by atoms with van der Waals surface area (Å²) in [5.74, 6) is 1.79. The number of H-pyrrole nitrogens is 1. The number of rotatable bonds is 7. The highest BCUT2D eigenvalue weighted by Crippen LogP contribution is 2.20. The van der Waals surface area contributed by atoms with Gasteiger partial charge < -0.3 is 15.5 Å². The number of imidazole rings is 1. The predicted octanol–water partition coefficient (Wildman–Crippen LogP) is 2.76. The summed E-state index contributed by atoms with van der Waals surface area (Å²) in [5, 5.41) is 0. The Morgan fingerprint density at radius 2 is 2.05 bits per heavy atom. The van der Waals surface area contributed by atoms with Gasteiger partial charge in [-0.15, -0.1) is 0 Å². The Hall–Kier alpha value is -1.81. The molecule has 0 radical (unpaired) electrons. The number of nitrogens with zero attached hydrogens (tertiary/aromatic N) is 1. The standard InChI is InChI=1S/C15H21N3O/c1-2-3-10-19-14-6-4-12(5-7-14)15-17-11-13(18-15)8-9-16/h4-7,11H,2-3,8-10,16H2,1H3,(H,17,18). The Balaban J connectivity index is 2.00. The van der Waals surface area contributed by atoms with Crippen molar-refractivity contribution in [1.29, 1.82) is 0 Å². The molecule has 0 aliphatic heterocycles. The first-order valence-electron chi connectivity index (χ1n) is 6.80. The third-order valence-electron chi connectivity index (χ3n) is 2.94. The van der Waals surface area contributed by atoms with Crippen molar-refractivity contribution >= 4 is 0 Å². The minimum absolute atomic E-state index is 0.631. The second-order valence-electron chi connectivity index (χ2n) is 4.52. The zero-order valence-electron chi connectivity index (χ0n) is 11.4. The zero-order valence-corrected chi connectivity index (χ0v) is 11.4. The van der Waals surface area contributed by atoms with Gasteiger partial charge in [-0.1, -0.05) is 13.3 Å². The molecule has 1 aromatic heterocycles. The lowest BCUT2D eigenvalue weighted by Gasteiger charge is -2.05. The maximum absolute atomic E-state index is 5.63. The van der Waals surface area contributed by atoms with E-state index in [1.165, 1.54) is 0 Å². The fraction of sp³-hybridized carbons (Fsp3) is 0.400. The van der Waals surface area contributed by atoms with E-state index in [1.807, 2.05) is 30.5 Å². The maximum atomic E-state index is 5.63. The number of aromatic nitrogens is 2. The molecule has 19 heavy (non-hydrogen) atoms. The van der Waals surface area contributed by atoms with E-state index >= 15 is 0 Å². The van der Waals surface area contributed by atoms with E-state index in [1.54, 1.807) is 0 Å². The molecule has 0 amide bonds. The lowest BCUT2D eigenvalue weighted by Crippen LogP contribution is -2.02. The van der Waals surface area contributed by atoms with Crippen LogP contribution in [0.25, 0.3) is 11.4 Å². The normalized spacial score (nSPS) is 10.6. The molecule has 0 fully saturated rings. The van der Waals surface area contributed by atoms with Gasteiger partial charge in [0.2, 0.25) is 0 Å². The highest BCUT2D eigenvalue weighted by Gasteiger charge is 2.03. The third-order valence-corrected chi connectivity index (χ3v) is 2.94. The van der Waals surface area contributed by atoms with Crippen LogP contribution in [-0.2, 0) is 6.42 Å². The van der Waals surface area contributed by atoms with Gasteiger partial charge in [-0.05, 0) is 37.2 Å². The average molecular weight is 259 g/mol. The Labute approximate surface area is 114 Å². The molecular formula is C15H21N3O. The van der Waals surface area contributed by atoms with Crippen molar-refractivity contribution in [3.05, 3.63) is 36.2 Å². The predicted molar refractivity (Wildman–Crippen MR) is 77.2 cm³/mol. The number of nitrogens with one attached hydrogen (secondary N) is 1. The number of ether oxygens (including phenoxy) is 1. The van der Waals surface area contributed by atoms with Gasteiger partial charge in [0.15, 0.2) is 0 Å². The second-order valence-corrected chi connectivity index (χ2v) is 4.52. The van der Waals surface area contributed by atoms with Crippen molar-refractivity contribution in [2.24, 2.45) is 5.73 Å². The molecule has 0 saturated heterocycles. The summed E-state index contributed by atoms with van der Waals surface area (Å²) >= 11 is 0. The molecule has 0 bridgehead atoms. The van der Waals surface area contributed by atoms with Crippen LogP contribution in [0.15, 0.2) is 30.5 Å². The summed E-state index contributed by atoms with van der Waals surface area (Å²) in [6.07, 6.45) is 4.90. The Kier molecular flexibility index (Phi) is 4.98. The molecule has 4 nitrogen and oxygen atoms in total. The van der Waals surface area contributed by atoms with Crippen LogP contribution < -0.4 is 10.5 Å². The molecule has 0 atom stereocenters. The highest BCUT2D eigenvalue weighted by molar-refractivity contribution is 5.56. The first-order valence-corrected chi connectivity index (χ1v) is 6.80. The van der Waals surface area contributed by atoms with Crippen LogP contribution in [0.5, 0.6) is 5.75 Å². The van der Waals surface area contributed by atoms with E-state index in [-0.39, 0.29) is 0 Å². The summed E-state index contributed by atoms with van der Waals surface area (Å²) in [5.41, 5.74) is 7.65. The van der Waals surface area contributed by atoms with E-state index in [0.717, 1.165) is 48.7 Å². The molecule has 0 aliphatic rings. The average Bonchev–Trinajstić information content (AvgIpc) is 2.89. The van der Waals surface area contributed by atoms with Crippen molar-refractivity contribution in [3.8, 4) is 17.1 Å². The molecule has 0 unspecified atom stereocenters. The van der Waals surface area contributed by atoms with Gasteiger partial charge in [-0.25, -0.2) is 4.98 Å². The molecular weight excluding hydrogens is 238 g/mol. The topological polar surface area (TPSA) is 63.9 Å². The van der Waals surface area contributed by atoms with Crippen molar-refractivity contribution in [3.63, 3.8) is 0 Å². The number of hydrogen-bond donors (Lipinski definition) is 2. The molecule has 0 spiro atoms. The molecule has 1 heterocycles. The highest BCUT2D eigenvalue weighted by atomic mass is 16.5. The number of aromatic amines is 1. The quantitative estimate of drug-likeness (QED) is 0.751. The summed E-state index contributed by atoms with van der Waals surface area (Å²) in [6.45, 7) is 3.56. The maximum Gasteiger partial charge on any atom is 0.137 e. The molecule has 0 saturated carbocycles. The molecule has 2 aromatic rings. The van der Waals surface area contributed by atoms with Crippen LogP contribution in [0.2, 0.25) is 0 Å². The van der Waals surface area contributed by atoms with Gasteiger partial charge in [0.1, 0.15) is 11.6 Å². The van der Waals surface area contributed by atoms with E-state index in [4.69, 9.17) is 10.5 Å². The van der Waals surface area contributed by atoms with E-state index in [2.05, 4.69) is 16.9 Å². The molecule has 0 aliphatic carbocycles. The Morgan fingerprint density at radius 3 is 2.74 bits per heavy atom. The Bertz CT molecular complexity index is 490. The number of benzene rings is 1. The summed E-state index contributed by atoms with van der Waals surface area (Å²) in [4.78, 5) is 7.63. The van der Waals surface area contributed by atoms with Crippen molar-refractivity contribution in [1.82, 2.24) is 9.97 Å². The van der Waals surface area contributed by atoms with Crippen LogP contribution in [-0.4, -0.2) is 23.1 Å². The lowest BCUT2D eigenvalue weighted by molar-refractivity contribution is 0.309. The van der Waals surface area contributed by atoms with Crippen molar-refractivity contribution in [2.75, 3.05) is 13.2 Å². The summed E-state index contributed by atoms with van der Waals surface area (Å²) in [6, 6.07) is 8.00. The lowest BCUT2D eigenvalue weighted by atomic mass is 10.2. The van der Waals surface area contributed by atoms with Crippen LogP contribution in [0.1, 0.15) is 25.5 Å². The van der Waals surface area contributed by atoms with Gasteiger partial charge in [-0.3, -0.25) is 0 Å². The number of nitrogens with two attached hydrogens (primary N) is 1. The first kappa shape index (κ1) is 13.6. The zero-order chi connectivity index (χ0) is 13.5. The SMILES string of the molecule is CCCCOc1ccc(-c2ncc(CCN)[nH]2)cc1. The van der Waals surface area contributed by atoms with E-state index < -0.39 is 0 Å². The fourth-order valence-corrected chi connectivity index (χ4v) is 1.83. The van der Waals surface area contributed by atoms with Gasteiger partial charge in [-0.2, -0.15) is 0 Å². The molecule has 3 N–H and O–H groups in total. The fourth-order valence-electron chi connectivity index (χ4n) is 1.83.